The second kappa shape index (κ2) is 8.03. The smallest absolute Gasteiger partial charge is 0.269 e. The maximum atomic E-state index is 12.7. The van der Waals surface area contributed by atoms with Crippen LogP contribution in [0.5, 0.6) is 0 Å². The molecule has 1 atom stereocenters. The first-order chi connectivity index (χ1) is 12.4. The van der Waals surface area contributed by atoms with Crippen LogP contribution >= 0.6 is 23.2 Å². The largest absolute Gasteiger partial charge is 0.323 e. The second-order valence-corrected chi connectivity index (χ2v) is 7.01. The van der Waals surface area contributed by atoms with Crippen LogP contribution in [-0.4, -0.2) is 28.3 Å². The van der Waals surface area contributed by atoms with E-state index in [-0.39, 0.29) is 17.6 Å². The number of carbonyl (C=O) groups is 1. The summed E-state index contributed by atoms with van der Waals surface area (Å²) in [5.41, 5.74) is 1.52. The zero-order valence-electron chi connectivity index (χ0n) is 13.8. The zero-order valence-corrected chi connectivity index (χ0v) is 15.3. The molecule has 0 saturated carbocycles. The first-order valence-electron chi connectivity index (χ1n) is 8.17. The van der Waals surface area contributed by atoms with E-state index >= 15 is 0 Å². The molecule has 0 bridgehead atoms. The van der Waals surface area contributed by atoms with Crippen LogP contribution in [0.3, 0.4) is 0 Å². The van der Waals surface area contributed by atoms with Gasteiger partial charge in [0.05, 0.1) is 21.7 Å². The van der Waals surface area contributed by atoms with Crippen molar-refractivity contribution in [1.82, 2.24) is 4.90 Å². The number of amides is 1. The van der Waals surface area contributed by atoms with Crippen molar-refractivity contribution in [3.8, 4) is 0 Å². The van der Waals surface area contributed by atoms with Gasteiger partial charge in [-0.2, -0.15) is 0 Å². The van der Waals surface area contributed by atoms with Crippen molar-refractivity contribution in [3.63, 3.8) is 0 Å². The van der Waals surface area contributed by atoms with Crippen LogP contribution < -0.4 is 5.32 Å². The number of hydrogen-bond acceptors (Lipinski definition) is 4. The third-order valence-corrected chi connectivity index (χ3v) is 4.94. The number of nitro benzene ring substituents is 1. The fraction of sp³-hybridized carbons (Fsp3) is 0.278. The van der Waals surface area contributed by atoms with Crippen molar-refractivity contribution in [2.75, 3.05) is 11.9 Å². The number of benzene rings is 2. The predicted molar refractivity (Wildman–Crippen MR) is 102 cm³/mol. The molecule has 1 saturated heterocycles. The van der Waals surface area contributed by atoms with Crippen molar-refractivity contribution in [2.45, 2.75) is 25.4 Å². The van der Waals surface area contributed by atoms with E-state index in [0.29, 0.717) is 22.3 Å². The van der Waals surface area contributed by atoms with Crippen LogP contribution in [0, 0.1) is 10.1 Å². The van der Waals surface area contributed by atoms with Gasteiger partial charge in [-0.1, -0.05) is 35.3 Å². The number of likely N-dealkylation sites (tertiary alicyclic amines) is 1. The summed E-state index contributed by atoms with van der Waals surface area (Å²) in [6.45, 7) is 1.36. The molecule has 6 nitrogen and oxygen atoms in total. The van der Waals surface area contributed by atoms with E-state index in [4.69, 9.17) is 23.2 Å². The summed E-state index contributed by atoms with van der Waals surface area (Å²) in [4.78, 5) is 25.1. The molecule has 2 aromatic rings. The van der Waals surface area contributed by atoms with E-state index in [2.05, 4.69) is 10.2 Å². The van der Waals surface area contributed by atoms with Gasteiger partial charge in [-0.3, -0.25) is 19.8 Å². The van der Waals surface area contributed by atoms with Gasteiger partial charge in [-0.05, 0) is 43.1 Å². The third-order valence-electron chi connectivity index (χ3n) is 4.39. The number of non-ortho nitro benzene ring substituents is 1. The highest BCUT2D eigenvalue weighted by atomic mass is 35.5. The normalized spacial score (nSPS) is 17.2. The van der Waals surface area contributed by atoms with Crippen molar-refractivity contribution in [1.29, 1.82) is 0 Å². The molecule has 1 N–H and O–H groups in total. The number of anilines is 1. The molecule has 1 amide bonds. The summed E-state index contributed by atoms with van der Waals surface area (Å²) in [6.07, 6.45) is 1.67. The summed E-state index contributed by atoms with van der Waals surface area (Å²) in [5.74, 6) is -0.117. The highest BCUT2D eigenvalue weighted by molar-refractivity contribution is 6.36. The summed E-state index contributed by atoms with van der Waals surface area (Å²) in [6, 6.07) is 11.1. The summed E-state index contributed by atoms with van der Waals surface area (Å²) < 4.78 is 0. The lowest BCUT2D eigenvalue weighted by Crippen LogP contribution is -2.39. The highest BCUT2D eigenvalue weighted by Gasteiger charge is 2.31. The average molecular weight is 394 g/mol. The molecule has 1 aliphatic rings. The van der Waals surface area contributed by atoms with Crippen molar-refractivity contribution in [2.24, 2.45) is 0 Å². The van der Waals surface area contributed by atoms with Crippen molar-refractivity contribution >= 4 is 40.5 Å². The predicted octanol–water partition coefficient (Wildman–Crippen LogP) is 4.50. The van der Waals surface area contributed by atoms with Crippen LogP contribution in [0.15, 0.2) is 42.5 Å². The molecular formula is C18H17Cl2N3O3. The maximum absolute atomic E-state index is 12.7. The molecule has 1 fully saturated rings. The molecule has 1 heterocycles. The van der Waals surface area contributed by atoms with E-state index in [1.165, 1.54) is 12.1 Å². The molecule has 3 rings (SSSR count). The van der Waals surface area contributed by atoms with Gasteiger partial charge in [0.25, 0.3) is 5.69 Å². The molecule has 0 aliphatic carbocycles. The number of halogens is 2. The fourth-order valence-electron chi connectivity index (χ4n) is 3.08. The van der Waals surface area contributed by atoms with Gasteiger partial charge in [0.1, 0.15) is 0 Å². The molecule has 8 heteroatoms. The highest BCUT2D eigenvalue weighted by Crippen LogP contribution is 2.27. The third kappa shape index (κ3) is 4.33. The summed E-state index contributed by atoms with van der Waals surface area (Å²) in [7, 11) is 0. The van der Waals surface area contributed by atoms with Gasteiger partial charge in [0, 0.05) is 23.7 Å². The van der Waals surface area contributed by atoms with Crippen LogP contribution in [0.25, 0.3) is 0 Å². The molecular weight excluding hydrogens is 377 g/mol. The topological polar surface area (TPSA) is 75.5 Å². The van der Waals surface area contributed by atoms with Crippen molar-refractivity contribution in [3.05, 3.63) is 68.2 Å². The minimum absolute atomic E-state index is 0.0573. The number of nitrogens with zero attached hydrogens (tertiary/aromatic N) is 2. The van der Waals surface area contributed by atoms with Crippen molar-refractivity contribution < 1.29 is 9.72 Å². The molecule has 0 radical (unpaired) electrons. The van der Waals surface area contributed by atoms with Gasteiger partial charge in [0.2, 0.25) is 5.91 Å². The van der Waals surface area contributed by atoms with Gasteiger partial charge in [0.15, 0.2) is 0 Å². The van der Waals surface area contributed by atoms with Gasteiger partial charge >= 0.3 is 0 Å². The molecule has 26 heavy (non-hydrogen) atoms. The van der Waals surface area contributed by atoms with E-state index in [0.717, 1.165) is 24.9 Å². The van der Waals surface area contributed by atoms with Gasteiger partial charge in [-0.25, -0.2) is 0 Å². The Balaban J connectivity index is 1.67. The monoisotopic (exact) mass is 393 g/mol. The molecule has 0 spiro atoms. The number of carbonyl (C=O) groups excluding carboxylic acids is 1. The first kappa shape index (κ1) is 18.6. The van der Waals surface area contributed by atoms with E-state index in [1.807, 2.05) is 0 Å². The quantitative estimate of drug-likeness (QED) is 0.598. The zero-order chi connectivity index (χ0) is 18.7. The van der Waals surface area contributed by atoms with E-state index in [9.17, 15) is 14.9 Å². The summed E-state index contributed by atoms with van der Waals surface area (Å²) >= 11 is 12.0. The molecule has 0 aromatic heterocycles. The van der Waals surface area contributed by atoms with Gasteiger partial charge < -0.3 is 5.32 Å². The minimum Gasteiger partial charge on any atom is -0.323 e. The molecule has 0 unspecified atom stereocenters. The lowest BCUT2D eigenvalue weighted by Gasteiger charge is -2.24. The maximum Gasteiger partial charge on any atom is 0.269 e. The second-order valence-electron chi connectivity index (χ2n) is 6.17. The van der Waals surface area contributed by atoms with E-state index in [1.54, 1.807) is 30.3 Å². The molecule has 2 aromatic carbocycles. The standard InChI is InChI=1S/C18H17Cl2N3O3/c19-13-5-8-16(15(20)10-13)21-18(24)17-2-1-9-22(17)11-12-3-6-14(7-4-12)23(25)26/h3-8,10,17H,1-2,9,11H2,(H,21,24)/t17-/m1/s1. The van der Waals surface area contributed by atoms with Crippen LogP contribution in [0.1, 0.15) is 18.4 Å². The Morgan fingerprint density at radius 2 is 1.96 bits per heavy atom. The number of nitrogens with one attached hydrogen (secondary N) is 1. The Hall–Kier alpha value is -2.15. The number of nitro groups is 1. The fourth-order valence-corrected chi connectivity index (χ4v) is 3.53. The first-order valence-corrected chi connectivity index (χ1v) is 8.93. The average Bonchev–Trinajstić information content (AvgIpc) is 3.06. The van der Waals surface area contributed by atoms with E-state index < -0.39 is 4.92 Å². The lowest BCUT2D eigenvalue weighted by atomic mass is 10.1. The Labute approximate surface area is 160 Å². The Kier molecular flexibility index (Phi) is 5.76. The van der Waals surface area contributed by atoms with Gasteiger partial charge in [-0.15, -0.1) is 0 Å². The number of rotatable bonds is 5. The van der Waals surface area contributed by atoms with Crippen LogP contribution in [0.4, 0.5) is 11.4 Å². The Morgan fingerprint density at radius 1 is 1.23 bits per heavy atom. The number of hydrogen-bond donors (Lipinski definition) is 1. The summed E-state index contributed by atoms with van der Waals surface area (Å²) in [5, 5.41) is 14.5. The SMILES string of the molecule is O=C(Nc1ccc(Cl)cc1Cl)[C@H]1CCCN1Cc1ccc([N+](=O)[O-])cc1. The minimum atomic E-state index is -0.425. The lowest BCUT2D eigenvalue weighted by molar-refractivity contribution is -0.384. The molecule has 136 valence electrons. The Morgan fingerprint density at radius 3 is 2.62 bits per heavy atom. The molecule has 1 aliphatic heterocycles. The van der Waals surface area contributed by atoms with Crippen LogP contribution in [0.2, 0.25) is 10.0 Å². The Bertz CT molecular complexity index is 827. The van der Waals surface area contributed by atoms with Crippen LogP contribution in [-0.2, 0) is 11.3 Å².